The Morgan fingerprint density at radius 1 is 1.71 bits per heavy atom. The van der Waals surface area contributed by atoms with Gasteiger partial charge in [-0.2, -0.15) is 0 Å². The van der Waals surface area contributed by atoms with Crippen LogP contribution in [-0.2, 0) is 0 Å². The summed E-state index contributed by atoms with van der Waals surface area (Å²) in [6.07, 6.45) is 0. The molecule has 0 radical (unpaired) electrons. The first kappa shape index (κ1) is 10.6. The van der Waals surface area contributed by atoms with E-state index in [4.69, 9.17) is 5.11 Å². The van der Waals surface area contributed by atoms with E-state index in [2.05, 4.69) is 20.5 Å². The molecule has 1 aromatic rings. The smallest absolute Gasteiger partial charge is 0.290 e. The van der Waals surface area contributed by atoms with E-state index in [0.29, 0.717) is 12.4 Å². The van der Waals surface area contributed by atoms with Crippen LogP contribution in [0.25, 0.3) is 0 Å². The fourth-order valence-electron chi connectivity index (χ4n) is 0.855. The molecule has 1 aromatic heterocycles. The molecular formula is C8H14N4O2. The van der Waals surface area contributed by atoms with Gasteiger partial charge in [0.2, 0.25) is 5.82 Å². The maximum Gasteiger partial charge on any atom is 0.290 e. The molecule has 1 rings (SSSR count). The van der Waals surface area contributed by atoms with Gasteiger partial charge in [-0.3, -0.25) is 9.89 Å². The molecule has 0 aliphatic heterocycles. The van der Waals surface area contributed by atoms with Crippen LogP contribution in [0.2, 0.25) is 0 Å². The van der Waals surface area contributed by atoms with Gasteiger partial charge in [-0.15, -0.1) is 5.10 Å². The van der Waals surface area contributed by atoms with Crippen LogP contribution in [0.3, 0.4) is 0 Å². The number of hydrogen-bond acceptors (Lipinski definition) is 4. The average Bonchev–Trinajstić information content (AvgIpc) is 2.60. The van der Waals surface area contributed by atoms with E-state index in [1.807, 2.05) is 6.92 Å². The molecule has 0 saturated heterocycles. The minimum atomic E-state index is -0.324. The monoisotopic (exact) mass is 198 g/mol. The number of rotatable bonds is 4. The van der Waals surface area contributed by atoms with Crippen LogP contribution in [0.1, 0.15) is 23.4 Å². The third-order valence-corrected chi connectivity index (χ3v) is 1.72. The summed E-state index contributed by atoms with van der Waals surface area (Å²) in [5, 5.41) is 17.6. The number of aliphatic hydroxyl groups excluding tert-OH is 1. The predicted octanol–water partition coefficient (Wildman–Crippen LogP) is -0.529. The zero-order valence-electron chi connectivity index (χ0n) is 8.24. The summed E-state index contributed by atoms with van der Waals surface area (Å²) in [5.74, 6) is 0.451. The number of amides is 1. The number of carbonyl (C=O) groups is 1. The Labute approximate surface area is 81.7 Å². The molecule has 78 valence electrons. The topological polar surface area (TPSA) is 90.9 Å². The molecule has 6 heteroatoms. The maximum absolute atomic E-state index is 11.3. The number of aliphatic hydroxyl groups is 1. The Morgan fingerprint density at radius 2 is 2.43 bits per heavy atom. The van der Waals surface area contributed by atoms with Crippen LogP contribution in [0, 0.1) is 12.8 Å². The van der Waals surface area contributed by atoms with Gasteiger partial charge in [0.25, 0.3) is 5.91 Å². The van der Waals surface area contributed by atoms with Crippen LogP contribution >= 0.6 is 0 Å². The van der Waals surface area contributed by atoms with Gasteiger partial charge in [0, 0.05) is 13.2 Å². The second-order valence-corrected chi connectivity index (χ2v) is 3.24. The summed E-state index contributed by atoms with van der Waals surface area (Å²) in [6, 6.07) is 0. The molecule has 0 spiro atoms. The van der Waals surface area contributed by atoms with Gasteiger partial charge >= 0.3 is 0 Å². The molecule has 0 aromatic carbocycles. The highest BCUT2D eigenvalue weighted by Gasteiger charge is 2.11. The van der Waals surface area contributed by atoms with Crippen molar-refractivity contribution in [1.29, 1.82) is 0 Å². The molecule has 1 atom stereocenters. The largest absolute Gasteiger partial charge is 0.396 e. The lowest BCUT2D eigenvalue weighted by atomic mass is 10.2. The first-order chi connectivity index (χ1) is 6.63. The lowest BCUT2D eigenvalue weighted by Crippen LogP contribution is -2.30. The van der Waals surface area contributed by atoms with Crippen LogP contribution in [0.5, 0.6) is 0 Å². The highest BCUT2D eigenvalue weighted by molar-refractivity contribution is 5.90. The van der Waals surface area contributed by atoms with Crippen LogP contribution in [0.15, 0.2) is 0 Å². The first-order valence-electron chi connectivity index (χ1n) is 4.41. The molecule has 1 unspecified atom stereocenters. The summed E-state index contributed by atoms with van der Waals surface area (Å²) in [5.41, 5.74) is 0. The Hall–Kier alpha value is -1.43. The van der Waals surface area contributed by atoms with Crippen molar-refractivity contribution in [3.8, 4) is 0 Å². The number of aromatic nitrogens is 3. The molecule has 3 N–H and O–H groups in total. The fraction of sp³-hybridized carbons (Fsp3) is 0.625. The molecule has 6 nitrogen and oxygen atoms in total. The Balaban J connectivity index is 2.43. The molecular weight excluding hydrogens is 184 g/mol. The van der Waals surface area contributed by atoms with Gasteiger partial charge in [0.05, 0.1) is 0 Å². The van der Waals surface area contributed by atoms with Crippen LogP contribution in [-0.4, -0.2) is 39.3 Å². The number of aryl methyl sites for hydroxylation is 1. The molecule has 1 heterocycles. The minimum absolute atomic E-state index is 0.0407. The standard InChI is InChI=1S/C8H14N4O2/c1-5(4-13)3-9-8(14)7-10-6(2)11-12-7/h5,13H,3-4H2,1-2H3,(H,9,14)(H,10,11,12). The van der Waals surface area contributed by atoms with Crippen molar-refractivity contribution in [1.82, 2.24) is 20.5 Å². The summed E-state index contributed by atoms with van der Waals surface area (Å²) in [4.78, 5) is 15.2. The second kappa shape index (κ2) is 4.71. The van der Waals surface area contributed by atoms with Crippen molar-refractivity contribution in [3.05, 3.63) is 11.6 Å². The quantitative estimate of drug-likeness (QED) is 0.606. The minimum Gasteiger partial charge on any atom is -0.396 e. The number of hydrogen-bond donors (Lipinski definition) is 3. The summed E-state index contributed by atoms with van der Waals surface area (Å²) >= 11 is 0. The lowest BCUT2D eigenvalue weighted by Gasteiger charge is -2.07. The van der Waals surface area contributed by atoms with Gasteiger partial charge in [-0.05, 0) is 12.8 Å². The van der Waals surface area contributed by atoms with E-state index in [9.17, 15) is 4.79 Å². The molecule has 0 aliphatic rings. The second-order valence-electron chi connectivity index (χ2n) is 3.24. The Bertz CT molecular complexity index is 310. The number of H-pyrrole nitrogens is 1. The molecule has 1 amide bonds. The Kier molecular flexibility index (Phi) is 3.58. The summed E-state index contributed by atoms with van der Waals surface area (Å²) in [7, 11) is 0. The van der Waals surface area contributed by atoms with Crippen LogP contribution in [0.4, 0.5) is 0 Å². The van der Waals surface area contributed by atoms with E-state index in [0.717, 1.165) is 0 Å². The van der Waals surface area contributed by atoms with Crippen molar-refractivity contribution in [2.24, 2.45) is 5.92 Å². The third kappa shape index (κ3) is 2.81. The van der Waals surface area contributed by atoms with Crippen molar-refractivity contribution in [2.75, 3.05) is 13.2 Å². The maximum atomic E-state index is 11.3. The molecule has 14 heavy (non-hydrogen) atoms. The molecule has 0 saturated carbocycles. The molecule has 0 aliphatic carbocycles. The fourth-order valence-corrected chi connectivity index (χ4v) is 0.855. The summed E-state index contributed by atoms with van der Waals surface area (Å²) in [6.45, 7) is 4.03. The van der Waals surface area contributed by atoms with Gasteiger partial charge in [-0.25, -0.2) is 4.98 Å². The van der Waals surface area contributed by atoms with Gasteiger partial charge in [-0.1, -0.05) is 6.92 Å². The zero-order chi connectivity index (χ0) is 10.6. The SMILES string of the molecule is Cc1nc(C(=O)NCC(C)CO)n[nH]1. The Morgan fingerprint density at radius 3 is 2.93 bits per heavy atom. The van der Waals surface area contributed by atoms with Gasteiger partial charge < -0.3 is 10.4 Å². The van der Waals surface area contributed by atoms with Crippen molar-refractivity contribution >= 4 is 5.91 Å². The lowest BCUT2D eigenvalue weighted by molar-refractivity contribution is 0.0932. The van der Waals surface area contributed by atoms with E-state index in [1.165, 1.54) is 0 Å². The highest BCUT2D eigenvalue weighted by Crippen LogP contribution is 1.93. The molecule has 0 fully saturated rings. The van der Waals surface area contributed by atoms with Crippen LogP contribution < -0.4 is 5.32 Å². The van der Waals surface area contributed by atoms with E-state index < -0.39 is 0 Å². The van der Waals surface area contributed by atoms with E-state index >= 15 is 0 Å². The summed E-state index contributed by atoms with van der Waals surface area (Å²) < 4.78 is 0. The van der Waals surface area contributed by atoms with E-state index in [1.54, 1.807) is 6.92 Å². The average molecular weight is 198 g/mol. The number of nitrogens with zero attached hydrogens (tertiary/aromatic N) is 2. The number of carbonyl (C=O) groups excluding carboxylic acids is 1. The normalized spacial score (nSPS) is 12.5. The highest BCUT2D eigenvalue weighted by atomic mass is 16.3. The first-order valence-corrected chi connectivity index (χ1v) is 4.41. The molecule has 0 bridgehead atoms. The predicted molar refractivity (Wildman–Crippen MR) is 49.7 cm³/mol. The zero-order valence-corrected chi connectivity index (χ0v) is 8.24. The van der Waals surface area contributed by atoms with Gasteiger partial charge in [0.15, 0.2) is 0 Å². The number of nitrogens with one attached hydrogen (secondary N) is 2. The third-order valence-electron chi connectivity index (χ3n) is 1.72. The van der Waals surface area contributed by atoms with Crippen molar-refractivity contribution in [3.63, 3.8) is 0 Å². The van der Waals surface area contributed by atoms with Crippen molar-refractivity contribution < 1.29 is 9.90 Å². The van der Waals surface area contributed by atoms with Crippen molar-refractivity contribution in [2.45, 2.75) is 13.8 Å². The van der Waals surface area contributed by atoms with Gasteiger partial charge in [0.1, 0.15) is 5.82 Å². The number of aromatic amines is 1. The van der Waals surface area contributed by atoms with E-state index in [-0.39, 0.29) is 24.3 Å².